The summed E-state index contributed by atoms with van der Waals surface area (Å²) in [5.74, 6) is -0.173. The molecule has 1 unspecified atom stereocenters. The van der Waals surface area contributed by atoms with Crippen molar-refractivity contribution in [3.63, 3.8) is 0 Å². The normalized spacial score (nSPS) is 13.7. The molecule has 1 amide bonds. The summed E-state index contributed by atoms with van der Waals surface area (Å²) in [5.41, 5.74) is 1.71. The number of ketones is 1. The molecule has 1 aliphatic heterocycles. The zero-order chi connectivity index (χ0) is 27.9. The number of Topliss-reactive ketones (excluding diaryl/α,β-unsaturated/α-hetero) is 1. The third-order valence-corrected chi connectivity index (χ3v) is 5.91. The highest BCUT2D eigenvalue weighted by Gasteiger charge is 2.28. The minimum Gasteiger partial charge on any atom is -0.493 e. The van der Waals surface area contributed by atoms with E-state index in [1.807, 2.05) is 6.07 Å². The van der Waals surface area contributed by atoms with Crippen molar-refractivity contribution in [3.8, 4) is 28.7 Å². The Bertz CT molecular complexity index is 1390. The van der Waals surface area contributed by atoms with E-state index < -0.39 is 24.5 Å². The van der Waals surface area contributed by atoms with Gasteiger partial charge >= 0.3 is 5.97 Å². The molecule has 1 atom stereocenters. The summed E-state index contributed by atoms with van der Waals surface area (Å²) in [6.45, 7) is -0.417. The number of aliphatic carboxylic acids is 1. The van der Waals surface area contributed by atoms with Crippen LogP contribution in [0.3, 0.4) is 0 Å². The second-order valence-corrected chi connectivity index (χ2v) is 8.49. The van der Waals surface area contributed by atoms with E-state index in [4.69, 9.17) is 23.7 Å². The van der Waals surface area contributed by atoms with Crippen LogP contribution >= 0.6 is 0 Å². The van der Waals surface area contributed by atoms with Crippen molar-refractivity contribution in [2.24, 2.45) is 0 Å². The van der Waals surface area contributed by atoms with E-state index in [-0.39, 0.29) is 29.5 Å². The fourth-order valence-corrected chi connectivity index (χ4v) is 4.03. The van der Waals surface area contributed by atoms with Gasteiger partial charge < -0.3 is 34.1 Å². The van der Waals surface area contributed by atoms with Gasteiger partial charge in [-0.1, -0.05) is 30.3 Å². The lowest BCUT2D eigenvalue weighted by Gasteiger charge is -2.15. The number of nitrogens with one attached hydrogen (secondary N) is 1. The molecule has 10 nitrogen and oxygen atoms in total. The maximum absolute atomic E-state index is 12.9. The molecule has 3 aromatic rings. The monoisotopic (exact) mass is 533 g/mol. The number of methoxy groups -OCH3 is 3. The summed E-state index contributed by atoms with van der Waals surface area (Å²) in [6.07, 6.45) is 1.69. The minimum absolute atomic E-state index is 0.0828. The molecule has 202 valence electrons. The molecule has 0 saturated heterocycles. The molecule has 2 N–H and O–H groups in total. The van der Waals surface area contributed by atoms with Gasteiger partial charge in [0.25, 0.3) is 5.91 Å². The first-order valence-electron chi connectivity index (χ1n) is 11.9. The molecule has 1 aliphatic rings. The lowest BCUT2D eigenvalue weighted by Crippen LogP contribution is -2.44. The van der Waals surface area contributed by atoms with E-state index in [1.165, 1.54) is 39.5 Å². The number of carboxylic acids is 1. The van der Waals surface area contributed by atoms with E-state index >= 15 is 0 Å². The molecule has 0 aromatic heterocycles. The van der Waals surface area contributed by atoms with Gasteiger partial charge in [-0.25, -0.2) is 4.79 Å². The first kappa shape index (κ1) is 27.1. The zero-order valence-corrected chi connectivity index (χ0v) is 21.6. The van der Waals surface area contributed by atoms with Crippen molar-refractivity contribution >= 4 is 23.7 Å². The van der Waals surface area contributed by atoms with Crippen LogP contribution in [0.4, 0.5) is 0 Å². The molecule has 0 bridgehead atoms. The predicted octanol–water partition coefficient (Wildman–Crippen LogP) is 3.52. The summed E-state index contributed by atoms with van der Waals surface area (Å²) in [7, 11) is 4.49. The van der Waals surface area contributed by atoms with Crippen LogP contribution in [0.2, 0.25) is 0 Å². The van der Waals surface area contributed by atoms with Crippen molar-refractivity contribution in [2.75, 3.05) is 27.9 Å². The van der Waals surface area contributed by atoms with E-state index in [0.717, 1.165) is 5.56 Å². The summed E-state index contributed by atoms with van der Waals surface area (Å²) in [6, 6.07) is 15.8. The molecule has 0 radical (unpaired) electrons. The average molecular weight is 534 g/mol. The highest BCUT2D eigenvalue weighted by Crippen LogP contribution is 2.40. The summed E-state index contributed by atoms with van der Waals surface area (Å²) in [5, 5.41) is 12.0. The Kier molecular flexibility index (Phi) is 8.35. The van der Waals surface area contributed by atoms with E-state index in [9.17, 15) is 19.5 Å². The van der Waals surface area contributed by atoms with Gasteiger partial charge in [-0.3, -0.25) is 9.59 Å². The van der Waals surface area contributed by atoms with Gasteiger partial charge in [0.1, 0.15) is 17.5 Å². The molecule has 4 rings (SSSR count). The molecule has 0 aliphatic carbocycles. The molecule has 0 spiro atoms. The van der Waals surface area contributed by atoms with Gasteiger partial charge in [0.2, 0.25) is 11.5 Å². The van der Waals surface area contributed by atoms with Gasteiger partial charge in [-0.2, -0.15) is 0 Å². The largest absolute Gasteiger partial charge is 0.493 e. The van der Waals surface area contributed by atoms with Gasteiger partial charge in [0.15, 0.2) is 23.9 Å². The number of rotatable bonds is 11. The predicted molar refractivity (Wildman–Crippen MR) is 141 cm³/mol. The minimum atomic E-state index is -1.15. The second kappa shape index (κ2) is 12.0. The first-order chi connectivity index (χ1) is 18.8. The Morgan fingerprint density at radius 1 is 0.974 bits per heavy atom. The number of allylic oxidation sites excluding steroid dienone is 1. The number of ether oxygens (including phenoxy) is 5. The third kappa shape index (κ3) is 6.30. The van der Waals surface area contributed by atoms with E-state index in [0.29, 0.717) is 28.4 Å². The topological polar surface area (TPSA) is 130 Å². The Balaban J connectivity index is 1.42. The lowest BCUT2D eigenvalue weighted by atomic mass is 10.1. The molecule has 39 heavy (non-hydrogen) atoms. The average Bonchev–Trinajstić information content (AvgIpc) is 3.25. The Morgan fingerprint density at radius 3 is 2.28 bits per heavy atom. The van der Waals surface area contributed by atoms with Gasteiger partial charge in [-0.05, 0) is 41.5 Å². The van der Waals surface area contributed by atoms with Crippen molar-refractivity contribution in [3.05, 3.63) is 83.1 Å². The van der Waals surface area contributed by atoms with E-state index in [2.05, 4.69) is 5.32 Å². The van der Waals surface area contributed by atoms with Gasteiger partial charge in [-0.15, -0.1) is 0 Å². The van der Waals surface area contributed by atoms with Crippen LogP contribution in [0.5, 0.6) is 28.7 Å². The summed E-state index contributed by atoms with van der Waals surface area (Å²) >= 11 is 0. The molecule has 3 aromatic carbocycles. The molecular formula is C29H27NO9. The van der Waals surface area contributed by atoms with Crippen molar-refractivity contribution in [2.45, 2.75) is 12.5 Å². The number of hydrogen-bond acceptors (Lipinski definition) is 8. The Labute approximate surface area is 224 Å². The standard InChI is InChI=1S/C29H27NO9/c1-35-24-13-18(14-25(36-2)28(24)37-3)12-23-27(32)20-10-9-19(15-22(20)39-23)38-16-26(31)30-21(29(33)34)11-17-7-5-4-6-8-17/h4-10,12-15,21H,11,16H2,1-3H3,(H,30,31)(H,33,34). The summed E-state index contributed by atoms with van der Waals surface area (Å²) < 4.78 is 27.4. The number of benzene rings is 3. The molecule has 0 saturated carbocycles. The maximum atomic E-state index is 12.9. The van der Waals surface area contributed by atoms with Crippen LogP contribution in [0.1, 0.15) is 21.5 Å². The zero-order valence-electron chi connectivity index (χ0n) is 21.6. The highest BCUT2D eigenvalue weighted by molar-refractivity contribution is 6.14. The fourth-order valence-electron chi connectivity index (χ4n) is 4.03. The second-order valence-electron chi connectivity index (χ2n) is 8.49. The van der Waals surface area contributed by atoms with Crippen LogP contribution in [-0.2, 0) is 16.0 Å². The van der Waals surface area contributed by atoms with Crippen LogP contribution in [-0.4, -0.2) is 56.7 Å². The van der Waals surface area contributed by atoms with Gasteiger partial charge in [0.05, 0.1) is 26.9 Å². The van der Waals surface area contributed by atoms with Crippen LogP contribution in [0, 0.1) is 0 Å². The van der Waals surface area contributed by atoms with Crippen LogP contribution < -0.4 is 29.0 Å². The SMILES string of the molecule is COc1cc(C=C2Oc3cc(OCC(=O)NC(Cc4ccccc4)C(=O)O)ccc3C2=O)cc(OC)c1OC. The Hall–Kier alpha value is -4.99. The highest BCUT2D eigenvalue weighted by atomic mass is 16.5. The number of carbonyl (C=O) groups is 3. The summed E-state index contributed by atoms with van der Waals surface area (Å²) in [4.78, 5) is 36.9. The quantitative estimate of drug-likeness (QED) is 0.356. The molecule has 0 fully saturated rings. The van der Waals surface area contributed by atoms with Crippen molar-refractivity contribution < 1.29 is 43.2 Å². The first-order valence-corrected chi connectivity index (χ1v) is 11.9. The van der Waals surface area contributed by atoms with Crippen LogP contribution in [0.15, 0.2) is 66.4 Å². The number of fused-ring (bicyclic) bond motifs is 1. The smallest absolute Gasteiger partial charge is 0.326 e. The lowest BCUT2D eigenvalue weighted by molar-refractivity contribution is -0.142. The maximum Gasteiger partial charge on any atom is 0.326 e. The molecule has 1 heterocycles. The van der Waals surface area contributed by atoms with Crippen LogP contribution in [0.25, 0.3) is 6.08 Å². The number of hydrogen-bond donors (Lipinski definition) is 2. The fraction of sp³-hybridized carbons (Fsp3) is 0.207. The van der Waals surface area contributed by atoms with Crippen molar-refractivity contribution in [1.29, 1.82) is 0 Å². The molecular weight excluding hydrogens is 506 g/mol. The Morgan fingerprint density at radius 2 is 1.67 bits per heavy atom. The number of carboxylic acid groups (broad SMARTS) is 1. The van der Waals surface area contributed by atoms with E-state index in [1.54, 1.807) is 42.5 Å². The number of amides is 1. The van der Waals surface area contributed by atoms with Gasteiger partial charge in [0, 0.05) is 12.5 Å². The van der Waals surface area contributed by atoms with Crippen molar-refractivity contribution in [1.82, 2.24) is 5.32 Å². The number of carbonyl (C=O) groups excluding carboxylic acids is 2. The third-order valence-electron chi connectivity index (χ3n) is 5.91. The molecule has 10 heteroatoms.